The van der Waals surface area contributed by atoms with E-state index in [1.807, 2.05) is 6.92 Å². The molecule has 0 saturated heterocycles. The molecule has 0 spiro atoms. The molecule has 19 heavy (non-hydrogen) atoms. The summed E-state index contributed by atoms with van der Waals surface area (Å²) in [4.78, 5) is 23.3. The van der Waals surface area contributed by atoms with E-state index < -0.39 is 17.0 Å². The molecule has 0 aromatic heterocycles. The van der Waals surface area contributed by atoms with Crippen molar-refractivity contribution in [3.8, 4) is 0 Å². The third kappa shape index (κ3) is 1.93. The van der Waals surface area contributed by atoms with Crippen LogP contribution in [0.2, 0.25) is 0 Å². The maximum Gasteiger partial charge on any atom is 0.331 e. The van der Waals surface area contributed by atoms with Gasteiger partial charge in [-0.25, -0.2) is 4.79 Å². The predicted molar refractivity (Wildman–Crippen MR) is 70.6 cm³/mol. The first-order valence-electron chi connectivity index (χ1n) is 6.90. The monoisotopic (exact) mass is 266 g/mol. The summed E-state index contributed by atoms with van der Waals surface area (Å²) in [6.07, 6.45) is 2.70. The van der Waals surface area contributed by atoms with Crippen molar-refractivity contribution < 1.29 is 19.8 Å². The van der Waals surface area contributed by atoms with Crippen LogP contribution in [0.4, 0.5) is 0 Å². The zero-order valence-corrected chi connectivity index (χ0v) is 11.6. The molecule has 0 heterocycles. The van der Waals surface area contributed by atoms with Gasteiger partial charge in [0.05, 0.1) is 11.0 Å². The minimum atomic E-state index is -1.00. The molecule has 0 aromatic rings. The Morgan fingerprint density at radius 1 is 1.42 bits per heavy atom. The lowest BCUT2D eigenvalue weighted by Crippen LogP contribution is -2.49. The van der Waals surface area contributed by atoms with E-state index in [1.165, 1.54) is 0 Å². The molecule has 2 rings (SSSR count). The highest BCUT2D eigenvalue weighted by Crippen LogP contribution is 2.55. The van der Waals surface area contributed by atoms with Crippen LogP contribution in [0.5, 0.6) is 0 Å². The third-order valence-corrected chi connectivity index (χ3v) is 5.49. The fourth-order valence-electron chi connectivity index (χ4n) is 3.93. The molecular formula is C15H22O4. The fourth-order valence-corrected chi connectivity index (χ4v) is 3.93. The SMILES string of the molecule is C=C(C(=O)O)[C@@H]1CC[C@@H](C)[C@@]2(O)CCC(=O)[C@]2(C)C1. The second-order valence-corrected chi connectivity index (χ2v) is 6.39. The molecular weight excluding hydrogens is 244 g/mol. The zero-order chi connectivity index (χ0) is 14.4. The predicted octanol–water partition coefficient (Wildman–Crippen LogP) is 2.16. The van der Waals surface area contributed by atoms with Crippen molar-refractivity contribution in [2.75, 3.05) is 0 Å². The molecule has 0 aromatic carbocycles. The van der Waals surface area contributed by atoms with Gasteiger partial charge in [-0.1, -0.05) is 13.5 Å². The Hall–Kier alpha value is -1.16. The molecule has 0 unspecified atom stereocenters. The lowest BCUT2D eigenvalue weighted by atomic mass is 9.66. The molecule has 4 heteroatoms. The van der Waals surface area contributed by atoms with Crippen LogP contribution in [0.3, 0.4) is 0 Å². The Bertz CT molecular complexity index is 441. The van der Waals surface area contributed by atoms with Crippen molar-refractivity contribution >= 4 is 11.8 Å². The van der Waals surface area contributed by atoms with Crippen LogP contribution in [0.1, 0.15) is 46.0 Å². The molecule has 106 valence electrons. The Kier molecular flexibility index (Phi) is 3.33. The van der Waals surface area contributed by atoms with Gasteiger partial charge in [0, 0.05) is 12.0 Å². The minimum absolute atomic E-state index is 0.00976. The Morgan fingerprint density at radius 2 is 2.05 bits per heavy atom. The van der Waals surface area contributed by atoms with Gasteiger partial charge in [-0.3, -0.25) is 4.79 Å². The highest BCUT2D eigenvalue weighted by Gasteiger charge is 2.60. The fraction of sp³-hybridized carbons (Fsp3) is 0.733. The van der Waals surface area contributed by atoms with Crippen molar-refractivity contribution in [1.29, 1.82) is 0 Å². The van der Waals surface area contributed by atoms with E-state index in [2.05, 4.69) is 6.58 Å². The van der Waals surface area contributed by atoms with Gasteiger partial charge in [0.15, 0.2) is 0 Å². The van der Waals surface area contributed by atoms with Crippen molar-refractivity contribution in [3.63, 3.8) is 0 Å². The Morgan fingerprint density at radius 3 is 2.63 bits per heavy atom. The third-order valence-electron chi connectivity index (χ3n) is 5.49. The standard InChI is InChI=1S/C15H22O4/c1-9-4-5-11(10(2)13(17)18)8-14(3)12(16)6-7-15(9,14)19/h9,11,19H,2,4-8H2,1,3H3,(H,17,18)/t9-,11-,14+,15+/m1/s1. The highest BCUT2D eigenvalue weighted by atomic mass is 16.4. The van der Waals surface area contributed by atoms with E-state index in [0.29, 0.717) is 25.7 Å². The maximum atomic E-state index is 12.2. The summed E-state index contributed by atoms with van der Waals surface area (Å²) in [5.41, 5.74) is -1.65. The summed E-state index contributed by atoms with van der Waals surface area (Å²) >= 11 is 0. The molecule has 2 aliphatic carbocycles. The average Bonchev–Trinajstić information content (AvgIpc) is 2.52. The number of fused-ring (bicyclic) bond motifs is 1. The molecule has 2 N–H and O–H groups in total. The summed E-state index contributed by atoms with van der Waals surface area (Å²) in [6, 6.07) is 0. The zero-order valence-electron chi connectivity index (χ0n) is 11.6. The van der Waals surface area contributed by atoms with Crippen LogP contribution < -0.4 is 0 Å². The number of carbonyl (C=O) groups is 2. The number of aliphatic hydroxyl groups is 1. The number of carbonyl (C=O) groups excluding carboxylic acids is 1. The van der Waals surface area contributed by atoms with Crippen molar-refractivity contribution in [2.45, 2.75) is 51.6 Å². The van der Waals surface area contributed by atoms with Crippen LogP contribution >= 0.6 is 0 Å². The summed E-state index contributed by atoms with van der Waals surface area (Å²) in [5.74, 6) is -1.15. The molecule has 4 atom stereocenters. The smallest absolute Gasteiger partial charge is 0.331 e. The van der Waals surface area contributed by atoms with Crippen LogP contribution in [0, 0.1) is 17.3 Å². The van der Waals surface area contributed by atoms with E-state index in [-0.39, 0.29) is 23.2 Å². The van der Waals surface area contributed by atoms with Crippen LogP contribution in [0.15, 0.2) is 12.2 Å². The van der Waals surface area contributed by atoms with Gasteiger partial charge in [0.2, 0.25) is 0 Å². The Labute approximate surface area is 113 Å². The van der Waals surface area contributed by atoms with Crippen molar-refractivity contribution in [1.82, 2.24) is 0 Å². The van der Waals surface area contributed by atoms with Gasteiger partial charge in [-0.05, 0) is 44.4 Å². The second-order valence-electron chi connectivity index (χ2n) is 6.39. The molecule has 4 nitrogen and oxygen atoms in total. The van der Waals surface area contributed by atoms with Crippen LogP contribution in [-0.4, -0.2) is 27.6 Å². The second kappa shape index (κ2) is 4.44. The van der Waals surface area contributed by atoms with Gasteiger partial charge in [-0.2, -0.15) is 0 Å². The molecule has 2 saturated carbocycles. The lowest BCUT2D eigenvalue weighted by Gasteiger charge is -2.41. The first kappa shape index (κ1) is 14.3. The van der Waals surface area contributed by atoms with E-state index in [1.54, 1.807) is 6.92 Å². The first-order valence-corrected chi connectivity index (χ1v) is 6.90. The number of Topliss-reactive ketones (excluding diaryl/α,β-unsaturated/α-hetero) is 1. The number of carboxylic acid groups (broad SMARTS) is 1. The largest absolute Gasteiger partial charge is 0.478 e. The quantitative estimate of drug-likeness (QED) is 0.751. The first-order chi connectivity index (χ1) is 8.72. The summed E-state index contributed by atoms with van der Waals surface area (Å²) in [6.45, 7) is 7.40. The molecule has 2 fully saturated rings. The lowest BCUT2D eigenvalue weighted by molar-refractivity contribution is -0.142. The van der Waals surface area contributed by atoms with E-state index in [0.717, 1.165) is 6.42 Å². The molecule has 0 bridgehead atoms. The average molecular weight is 266 g/mol. The number of carboxylic acids is 1. The summed E-state index contributed by atoms with van der Waals surface area (Å²) in [5, 5.41) is 20.0. The van der Waals surface area contributed by atoms with Gasteiger partial charge in [0.25, 0.3) is 0 Å². The van der Waals surface area contributed by atoms with Gasteiger partial charge in [-0.15, -0.1) is 0 Å². The number of hydrogen-bond donors (Lipinski definition) is 2. The van der Waals surface area contributed by atoms with Crippen molar-refractivity contribution in [3.05, 3.63) is 12.2 Å². The van der Waals surface area contributed by atoms with Crippen molar-refractivity contribution in [2.24, 2.45) is 17.3 Å². The number of rotatable bonds is 2. The number of aliphatic carboxylic acids is 1. The maximum absolute atomic E-state index is 12.2. The van der Waals surface area contributed by atoms with Gasteiger partial charge < -0.3 is 10.2 Å². The van der Waals surface area contributed by atoms with E-state index in [4.69, 9.17) is 5.11 Å². The summed E-state index contributed by atoms with van der Waals surface area (Å²) in [7, 11) is 0. The van der Waals surface area contributed by atoms with Crippen LogP contribution in [0.25, 0.3) is 0 Å². The van der Waals surface area contributed by atoms with E-state index >= 15 is 0 Å². The summed E-state index contributed by atoms with van der Waals surface area (Å²) < 4.78 is 0. The van der Waals surface area contributed by atoms with E-state index in [9.17, 15) is 14.7 Å². The highest BCUT2D eigenvalue weighted by molar-refractivity contribution is 5.90. The normalized spacial score (nSPS) is 42.6. The van der Waals surface area contributed by atoms with Gasteiger partial charge in [0.1, 0.15) is 5.78 Å². The molecule has 0 amide bonds. The topological polar surface area (TPSA) is 74.6 Å². The molecule has 0 radical (unpaired) electrons. The van der Waals surface area contributed by atoms with Gasteiger partial charge >= 0.3 is 5.97 Å². The van der Waals surface area contributed by atoms with Crippen LogP contribution in [-0.2, 0) is 9.59 Å². The Balaban J connectivity index is 2.37. The minimum Gasteiger partial charge on any atom is -0.478 e. The molecule has 2 aliphatic rings. The number of hydrogen-bond acceptors (Lipinski definition) is 3. The molecule has 0 aliphatic heterocycles. The number of ketones is 1.